The Morgan fingerprint density at radius 1 is 1.00 bits per heavy atom. The largest absolute Gasteiger partial charge is 0.488 e. The lowest BCUT2D eigenvalue weighted by molar-refractivity contribution is -0.195. The number of hydrogen-bond acceptors (Lipinski definition) is 10. The van der Waals surface area contributed by atoms with Crippen LogP contribution in [0.5, 0.6) is 5.75 Å². The number of carbonyl (C=O) groups is 2. The highest BCUT2D eigenvalue weighted by Crippen LogP contribution is 2.43. The molecule has 13 nitrogen and oxygen atoms in total. The lowest BCUT2D eigenvalue weighted by Gasteiger charge is -2.24. The first kappa shape index (κ1) is 32.1. The summed E-state index contributed by atoms with van der Waals surface area (Å²) in [4.78, 5) is 38.4. The predicted molar refractivity (Wildman–Crippen MR) is 172 cm³/mol. The number of imidazole rings is 1. The number of aromatic nitrogens is 4. The third kappa shape index (κ3) is 7.59. The van der Waals surface area contributed by atoms with Crippen LogP contribution in [0.2, 0.25) is 0 Å². The average molecular weight is 643 g/mol. The predicted octanol–water partition coefficient (Wildman–Crippen LogP) is 5.00. The molecule has 4 atom stereocenters. The van der Waals surface area contributed by atoms with Crippen LogP contribution in [0.25, 0.3) is 17.2 Å². The van der Waals surface area contributed by atoms with Crippen LogP contribution in [0.3, 0.4) is 0 Å². The fraction of sp³-hybridized carbons (Fsp3) is 0.382. The summed E-state index contributed by atoms with van der Waals surface area (Å²) >= 11 is 0. The zero-order valence-corrected chi connectivity index (χ0v) is 26.9. The van der Waals surface area contributed by atoms with E-state index in [1.165, 1.54) is 12.4 Å². The van der Waals surface area contributed by atoms with Gasteiger partial charge >= 0.3 is 6.09 Å². The number of para-hydroxylation sites is 1. The lowest BCUT2D eigenvalue weighted by atomic mass is 10.1. The van der Waals surface area contributed by atoms with E-state index in [0.29, 0.717) is 23.5 Å². The SMILES string of the molecule is CC(C)(C)OC(=O)Nc1ncnc2c1ncn2[C@@H]1O[C@H](CNC(=O)C=Cc2ccccc2OCc2ccccc2)[C@@H]2OC(C)(C)OC21. The van der Waals surface area contributed by atoms with Gasteiger partial charge in [0.25, 0.3) is 0 Å². The van der Waals surface area contributed by atoms with Gasteiger partial charge in [-0.25, -0.2) is 19.7 Å². The minimum atomic E-state index is -0.877. The van der Waals surface area contributed by atoms with Gasteiger partial charge in [0.2, 0.25) is 5.91 Å². The Hall–Kier alpha value is -4.85. The second-order valence-electron chi connectivity index (χ2n) is 12.7. The van der Waals surface area contributed by atoms with E-state index >= 15 is 0 Å². The third-order valence-electron chi connectivity index (χ3n) is 7.43. The van der Waals surface area contributed by atoms with Crippen LogP contribution >= 0.6 is 0 Å². The summed E-state index contributed by atoms with van der Waals surface area (Å²) in [5, 5.41) is 5.57. The summed E-state index contributed by atoms with van der Waals surface area (Å²) in [7, 11) is 0. The molecule has 13 heteroatoms. The highest BCUT2D eigenvalue weighted by atomic mass is 16.8. The fourth-order valence-electron chi connectivity index (χ4n) is 5.49. The van der Waals surface area contributed by atoms with Crippen molar-refractivity contribution in [1.82, 2.24) is 24.8 Å². The molecule has 4 heterocycles. The number of hydrogen-bond donors (Lipinski definition) is 2. The molecule has 2 aromatic heterocycles. The number of anilines is 1. The van der Waals surface area contributed by atoms with Crippen LogP contribution in [0.1, 0.15) is 52.0 Å². The molecule has 4 aromatic rings. The standard InChI is InChI=1S/C34H38N6O7/c1-33(2,3)47-32(42)39-29-26-30(37-19-36-29)40(20-38-26)31-28-27(45-34(4,5)46-28)24(44-31)17-35-25(41)16-15-22-13-9-10-14-23(22)43-18-21-11-7-6-8-12-21/h6-16,19-20,24,27-28,31H,17-18H2,1-5H3,(H,35,41)(H,36,37,39,42)/t24-,27+,28?,31-/m1/s1. The second-order valence-corrected chi connectivity index (χ2v) is 12.7. The van der Waals surface area contributed by atoms with Gasteiger partial charge in [0.05, 0.1) is 6.33 Å². The molecule has 0 saturated carbocycles. The molecule has 246 valence electrons. The van der Waals surface area contributed by atoms with Crippen molar-refractivity contribution in [3.63, 3.8) is 0 Å². The minimum Gasteiger partial charge on any atom is -0.488 e. The molecule has 0 spiro atoms. The molecule has 6 rings (SSSR count). The van der Waals surface area contributed by atoms with Crippen LogP contribution in [-0.2, 0) is 30.3 Å². The molecule has 2 amide bonds. The van der Waals surface area contributed by atoms with Crippen molar-refractivity contribution < 1.29 is 33.3 Å². The summed E-state index contributed by atoms with van der Waals surface area (Å²) in [5.41, 5.74) is 1.92. The quantitative estimate of drug-likeness (QED) is 0.239. The van der Waals surface area contributed by atoms with E-state index in [1.807, 2.05) is 68.4 Å². The van der Waals surface area contributed by atoms with Crippen molar-refractivity contribution in [2.75, 3.05) is 11.9 Å². The minimum absolute atomic E-state index is 0.166. The molecule has 2 saturated heterocycles. The Morgan fingerprint density at radius 3 is 2.53 bits per heavy atom. The van der Waals surface area contributed by atoms with E-state index in [0.717, 1.165) is 11.1 Å². The highest BCUT2D eigenvalue weighted by molar-refractivity contribution is 5.93. The Kier molecular flexibility index (Phi) is 8.95. The van der Waals surface area contributed by atoms with E-state index < -0.39 is 42.0 Å². The molecule has 2 aliphatic rings. The third-order valence-corrected chi connectivity index (χ3v) is 7.43. The molecule has 0 radical (unpaired) electrons. The Balaban J connectivity index is 1.13. The number of amides is 2. The molecule has 2 aliphatic heterocycles. The summed E-state index contributed by atoms with van der Waals surface area (Å²) in [5.74, 6) is -0.310. The Labute approximate surface area is 272 Å². The summed E-state index contributed by atoms with van der Waals surface area (Å²) < 4.78 is 32.0. The van der Waals surface area contributed by atoms with Crippen LogP contribution < -0.4 is 15.4 Å². The van der Waals surface area contributed by atoms with Crippen molar-refractivity contribution in [3.05, 3.63) is 84.5 Å². The smallest absolute Gasteiger partial charge is 0.413 e. The van der Waals surface area contributed by atoms with E-state index in [4.69, 9.17) is 23.7 Å². The number of nitrogens with one attached hydrogen (secondary N) is 2. The van der Waals surface area contributed by atoms with Crippen molar-refractivity contribution in [1.29, 1.82) is 0 Å². The molecule has 1 unspecified atom stereocenters. The summed E-state index contributed by atoms with van der Waals surface area (Å²) in [6, 6.07) is 17.4. The molecule has 2 N–H and O–H groups in total. The van der Waals surface area contributed by atoms with Gasteiger partial charge in [0, 0.05) is 18.2 Å². The number of carbonyl (C=O) groups excluding carboxylic acids is 2. The monoisotopic (exact) mass is 642 g/mol. The topological polar surface area (TPSA) is 148 Å². The van der Waals surface area contributed by atoms with Crippen molar-refractivity contribution >= 4 is 35.1 Å². The van der Waals surface area contributed by atoms with Crippen molar-refractivity contribution in [2.24, 2.45) is 0 Å². The number of ether oxygens (including phenoxy) is 5. The molecule has 0 aliphatic carbocycles. The molecular weight excluding hydrogens is 604 g/mol. The van der Waals surface area contributed by atoms with Gasteiger partial charge in [-0.2, -0.15) is 0 Å². The van der Waals surface area contributed by atoms with Gasteiger partial charge in [-0.05, 0) is 52.3 Å². The molecule has 2 aromatic carbocycles. The van der Waals surface area contributed by atoms with Crippen LogP contribution in [0, 0.1) is 0 Å². The van der Waals surface area contributed by atoms with E-state index in [9.17, 15) is 9.59 Å². The first-order valence-electron chi connectivity index (χ1n) is 15.4. The number of rotatable bonds is 9. The van der Waals surface area contributed by atoms with Crippen molar-refractivity contribution in [2.45, 2.75) is 77.2 Å². The molecule has 2 fully saturated rings. The zero-order valence-electron chi connectivity index (χ0n) is 26.9. The Bertz CT molecular complexity index is 1770. The van der Waals surface area contributed by atoms with Gasteiger partial charge in [-0.1, -0.05) is 48.5 Å². The summed E-state index contributed by atoms with van der Waals surface area (Å²) in [6.07, 6.45) is 3.18. The normalized spacial score (nSPS) is 21.9. The van der Waals surface area contributed by atoms with Crippen LogP contribution in [0.15, 0.2) is 73.3 Å². The summed E-state index contributed by atoms with van der Waals surface area (Å²) in [6.45, 7) is 9.55. The zero-order chi connectivity index (χ0) is 33.2. The maximum absolute atomic E-state index is 12.9. The average Bonchev–Trinajstić information content (AvgIpc) is 3.69. The van der Waals surface area contributed by atoms with Crippen LogP contribution in [-0.4, -0.2) is 67.8 Å². The highest BCUT2D eigenvalue weighted by Gasteiger charge is 2.56. The first-order chi connectivity index (χ1) is 22.5. The van der Waals surface area contributed by atoms with Gasteiger partial charge in [0.1, 0.15) is 42.6 Å². The van der Waals surface area contributed by atoms with Crippen LogP contribution in [0.4, 0.5) is 10.6 Å². The van der Waals surface area contributed by atoms with E-state index in [1.54, 1.807) is 37.7 Å². The maximum atomic E-state index is 12.9. The van der Waals surface area contributed by atoms with Gasteiger partial charge in [-0.15, -0.1) is 0 Å². The van der Waals surface area contributed by atoms with Crippen molar-refractivity contribution in [3.8, 4) is 5.75 Å². The fourth-order valence-corrected chi connectivity index (χ4v) is 5.49. The number of fused-ring (bicyclic) bond motifs is 2. The molecular formula is C34H38N6O7. The Morgan fingerprint density at radius 2 is 1.74 bits per heavy atom. The maximum Gasteiger partial charge on any atom is 0.413 e. The van der Waals surface area contributed by atoms with E-state index in [2.05, 4.69) is 25.6 Å². The molecule has 0 bridgehead atoms. The van der Waals surface area contributed by atoms with E-state index in [-0.39, 0.29) is 18.3 Å². The second kappa shape index (κ2) is 13.1. The van der Waals surface area contributed by atoms with Gasteiger partial charge in [-0.3, -0.25) is 14.7 Å². The number of benzene rings is 2. The number of nitrogens with zero attached hydrogens (tertiary/aromatic N) is 4. The van der Waals surface area contributed by atoms with Gasteiger partial charge < -0.3 is 29.0 Å². The van der Waals surface area contributed by atoms with Gasteiger partial charge in [0.15, 0.2) is 29.0 Å². The first-order valence-corrected chi connectivity index (χ1v) is 15.4. The molecule has 47 heavy (non-hydrogen) atoms. The lowest BCUT2D eigenvalue weighted by Crippen LogP contribution is -2.39.